The summed E-state index contributed by atoms with van der Waals surface area (Å²) >= 11 is 0. The Hall–Kier alpha value is -1.15. The zero-order valence-corrected chi connectivity index (χ0v) is 12.6. The summed E-state index contributed by atoms with van der Waals surface area (Å²) in [6.45, 7) is 4.08. The molecule has 0 aliphatic rings. The molecule has 114 valence electrons. The first-order valence-electron chi connectivity index (χ1n) is 6.53. The van der Waals surface area contributed by atoms with Crippen molar-refractivity contribution in [2.75, 3.05) is 13.2 Å². The van der Waals surface area contributed by atoms with Crippen molar-refractivity contribution in [1.82, 2.24) is 4.72 Å². The van der Waals surface area contributed by atoms with Crippen LogP contribution in [0.3, 0.4) is 0 Å². The second-order valence-corrected chi connectivity index (χ2v) is 6.34. The van der Waals surface area contributed by atoms with Crippen LogP contribution in [0.15, 0.2) is 29.2 Å². The van der Waals surface area contributed by atoms with Crippen molar-refractivity contribution in [3.63, 3.8) is 0 Å². The second-order valence-electron chi connectivity index (χ2n) is 4.58. The molecule has 0 aliphatic carbocycles. The standard InChI is InChI=1S/C13H22N2O4S/c1-3-8-19-11-4-6-12(7-5-11)20(17,18)15-9-13(14)10(2)16/h4-7,10,13,15-16H,3,8-9,14H2,1-2H3. The lowest BCUT2D eigenvalue weighted by Gasteiger charge is -2.15. The summed E-state index contributed by atoms with van der Waals surface area (Å²) in [5.74, 6) is 0.631. The molecular weight excluding hydrogens is 280 g/mol. The maximum absolute atomic E-state index is 12.0. The van der Waals surface area contributed by atoms with E-state index < -0.39 is 22.2 Å². The minimum atomic E-state index is -3.62. The number of nitrogens with one attached hydrogen (secondary N) is 1. The van der Waals surface area contributed by atoms with Crippen molar-refractivity contribution in [3.8, 4) is 5.75 Å². The van der Waals surface area contributed by atoms with E-state index in [9.17, 15) is 13.5 Å². The first-order valence-corrected chi connectivity index (χ1v) is 8.01. The van der Waals surface area contributed by atoms with Crippen LogP contribution in [0.2, 0.25) is 0 Å². The zero-order chi connectivity index (χ0) is 15.2. The van der Waals surface area contributed by atoms with Gasteiger partial charge in [0.2, 0.25) is 10.0 Å². The number of benzene rings is 1. The summed E-state index contributed by atoms with van der Waals surface area (Å²) < 4.78 is 31.7. The largest absolute Gasteiger partial charge is 0.494 e. The molecule has 0 aromatic heterocycles. The number of sulfonamides is 1. The van der Waals surface area contributed by atoms with Crippen molar-refractivity contribution in [3.05, 3.63) is 24.3 Å². The molecule has 0 aliphatic heterocycles. The predicted molar refractivity (Wildman–Crippen MR) is 77.1 cm³/mol. The molecule has 4 N–H and O–H groups in total. The molecule has 0 fully saturated rings. The third kappa shape index (κ3) is 5.09. The van der Waals surface area contributed by atoms with Crippen LogP contribution in [-0.4, -0.2) is 38.8 Å². The molecule has 0 saturated heterocycles. The Morgan fingerprint density at radius 1 is 1.35 bits per heavy atom. The van der Waals surface area contributed by atoms with Crippen LogP contribution in [0, 0.1) is 0 Å². The molecule has 1 aromatic rings. The lowest BCUT2D eigenvalue weighted by atomic mass is 10.2. The third-order valence-corrected chi connectivity index (χ3v) is 4.18. The predicted octanol–water partition coefficient (Wildman–Crippen LogP) is 0.462. The molecule has 0 spiro atoms. The van der Waals surface area contributed by atoms with Crippen molar-refractivity contribution < 1.29 is 18.3 Å². The van der Waals surface area contributed by atoms with Crippen LogP contribution < -0.4 is 15.2 Å². The highest BCUT2D eigenvalue weighted by Crippen LogP contribution is 2.16. The number of rotatable bonds is 8. The maximum atomic E-state index is 12.0. The van der Waals surface area contributed by atoms with Crippen LogP contribution >= 0.6 is 0 Å². The minimum absolute atomic E-state index is 0.0198. The average molecular weight is 302 g/mol. The van der Waals surface area contributed by atoms with Gasteiger partial charge in [-0.05, 0) is 37.6 Å². The number of hydrogen-bond acceptors (Lipinski definition) is 5. The molecule has 0 saturated carbocycles. The zero-order valence-electron chi connectivity index (χ0n) is 11.7. The molecule has 0 radical (unpaired) electrons. The number of nitrogens with two attached hydrogens (primary N) is 1. The third-order valence-electron chi connectivity index (χ3n) is 2.74. The average Bonchev–Trinajstić information content (AvgIpc) is 2.43. The van der Waals surface area contributed by atoms with Gasteiger partial charge < -0.3 is 15.6 Å². The fourth-order valence-corrected chi connectivity index (χ4v) is 2.47. The van der Waals surface area contributed by atoms with Gasteiger partial charge in [-0.1, -0.05) is 6.92 Å². The molecule has 0 heterocycles. The molecule has 20 heavy (non-hydrogen) atoms. The SMILES string of the molecule is CCCOc1ccc(S(=O)(=O)NCC(N)C(C)O)cc1. The Balaban J connectivity index is 2.68. The topological polar surface area (TPSA) is 102 Å². The highest BCUT2D eigenvalue weighted by molar-refractivity contribution is 7.89. The van der Waals surface area contributed by atoms with Gasteiger partial charge in [-0.15, -0.1) is 0 Å². The lowest BCUT2D eigenvalue weighted by Crippen LogP contribution is -2.43. The van der Waals surface area contributed by atoms with Gasteiger partial charge in [0, 0.05) is 12.6 Å². The summed E-state index contributed by atoms with van der Waals surface area (Å²) in [6.07, 6.45) is 0.112. The van der Waals surface area contributed by atoms with E-state index in [1.807, 2.05) is 6.92 Å². The summed E-state index contributed by atoms with van der Waals surface area (Å²) in [5.41, 5.74) is 5.58. The first-order chi connectivity index (χ1) is 9.36. The molecule has 0 bridgehead atoms. The fraction of sp³-hybridized carbons (Fsp3) is 0.538. The minimum Gasteiger partial charge on any atom is -0.494 e. The number of aliphatic hydroxyl groups is 1. The van der Waals surface area contributed by atoms with Gasteiger partial charge in [0.1, 0.15) is 5.75 Å². The van der Waals surface area contributed by atoms with Crippen LogP contribution in [0.5, 0.6) is 5.75 Å². The van der Waals surface area contributed by atoms with Crippen LogP contribution in [-0.2, 0) is 10.0 Å². The smallest absolute Gasteiger partial charge is 0.240 e. The highest BCUT2D eigenvalue weighted by atomic mass is 32.2. The molecule has 0 amide bonds. The summed E-state index contributed by atoms with van der Waals surface area (Å²) in [4.78, 5) is 0.138. The van der Waals surface area contributed by atoms with Gasteiger partial charge in [0.05, 0.1) is 17.6 Å². The van der Waals surface area contributed by atoms with E-state index in [1.54, 1.807) is 12.1 Å². The summed E-state index contributed by atoms with van der Waals surface area (Å²) in [7, 11) is -3.62. The van der Waals surface area contributed by atoms with Crippen LogP contribution in [0.1, 0.15) is 20.3 Å². The van der Waals surface area contributed by atoms with Gasteiger partial charge in [0.25, 0.3) is 0 Å². The van der Waals surface area contributed by atoms with Crippen molar-refractivity contribution in [2.24, 2.45) is 5.73 Å². The van der Waals surface area contributed by atoms with Crippen LogP contribution in [0.4, 0.5) is 0 Å². The molecular formula is C13H22N2O4S. The maximum Gasteiger partial charge on any atom is 0.240 e. The Bertz CT molecular complexity index is 500. The van der Waals surface area contributed by atoms with E-state index in [2.05, 4.69) is 4.72 Å². The summed E-state index contributed by atoms with van der Waals surface area (Å²) in [5, 5.41) is 9.23. The van der Waals surface area contributed by atoms with E-state index in [1.165, 1.54) is 19.1 Å². The molecule has 7 heteroatoms. The van der Waals surface area contributed by atoms with Gasteiger partial charge in [-0.3, -0.25) is 0 Å². The van der Waals surface area contributed by atoms with E-state index in [0.717, 1.165) is 6.42 Å². The molecule has 6 nitrogen and oxygen atoms in total. The van der Waals surface area contributed by atoms with Gasteiger partial charge in [-0.2, -0.15) is 0 Å². The fourth-order valence-electron chi connectivity index (χ4n) is 1.39. The summed E-state index contributed by atoms with van der Waals surface area (Å²) in [6, 6.07) is 5.53. The Morgan fingerprint density at radius 3 is 2.45 bits per heavy atom. The Kier molecular flexibility index (Phi) is 6.41. The normalized spacial score (nSPS) is 14.8. The lowest BCUT2D eigenvalue weighted by molar-refractivity contribution is 0.164. The van der Waals surface area contributed by atoms with E-state index >= 15 is 0 Å². The van der Waals surface area contributed by atoms with E-state index in [4.69, 9.17) is 10.5 Å². The van der Waals surface area contributed by atoms with Gasteiger partial charge in [-0.25, -0.2) is 13.1 Å². The molecule has 1 rings (SSSR count). The Labute approximate surface area is 120 Å². The van der Waals surface area contributed by atoms with E-state index in [-0.39, 0.29) is 11.4 Å². The first kappa shape index (κ1) is 16.9. The number of ether oxygens (including phenoxy) is 1. The molecule has 2 atom stereocenters. The highest BCUT2D eigenvalue weighted by Gasteiger charge is 2.17. The molecule has 1 aromatic carbocycles. The van der Waals surface area contributed by atoms with Gasteiger partial charge in [0.15, 0.2) is 0 Å². The number of hydrogen-bond donors (Lipinski definition) is 3. The monoisotopic (exact) mass is 302 g/mol. The van der Waals surface area contributed by atoms with Crippen molar-refractivity contribution >= 4 is 10.0 Å². The van der Waals surface area contributed by atoms with Crippen LogP contribution in [0.25, 0.3) is 0 Å². The van der Waals surface area contributed by atoms with Crippen molar-refractivity contribution in [2.45, 2.75) is 37.3 Å². The number of aliphatic hydroxyl groups excluding tert-OH is 1. The van der Waals surface area contributed by atoms with E-state index in [0.29, 0.717) is 12.4 Å². The van der Waals surface area contributed by atoms with Gasteiger partial charge >= 0.3 is 0 Å². The second kappa shape index (κ2) is 7.58. The molecule has 2 unspecified atom stereocenters. The van der Waals surface area contributed by atoms with Crippen molar-refractivity contribution in [1.29, 1.82) is 0 Å². The quantitative estimate of drug-likeness (QED) is 0.647. The Morgan fingerprint density at radius 2 is 1.95 bits per heavy atom.